The number of hydrogen-bond acceptors (Lipinski definition) is 8. The van der Waals surface area contributed by atoms with Gasteiger partial charge in [-0.25, -0.2) is 15.0 Å². The van der Waals surface area contributed by atoms with Crippen molar-refractivity contribution in [3.63, 3.8) is 0 Å². The summed E-state index contributed by atoms with van der Waals surface area (Å²) in [6.07, 6.45) is 4.49. The van der Waals surface area contributed by atoms with E-state index < -0.39 is 5.91 Å². The molecule has 3 heterocycles. The van der Waals surface area contributed by atoms with Crippen LogP contribution in [0.15, 0.2) is 35.2 Å². The average Bonchev–Trinajstić information content (AvgIpc) is 3.16. The van der Waals surface area contributed by atoms with E-state index in [1.54, 1.807) is 25.3 Å². The minimum absolute atomic E-state index is 0.00860. The number of rotatable bonds is 5. The molecule has 0 aliphatic heterocycles. The zero-order valence-corrected chi connectivity index (χ0v) is 13.4. The number of aliphatic hydroxyl groups excluding tert-OH is 1. The molecule has 9 nitrogen and oxygen atoms in total. The molecule has 3 aromatic rings. The Morgan fingerprint density at radius 1 is 1.32 bits per heavy atom. The Hall–Kier alpha value is -3.33. The first kappa shape index (κ1) is 16.5. The Labute approximate surface area is 143 Å². The first-order valence-corrected chi connectivity index (χ1v) is 7.46. The monoisotopic (exact) mass is 340 g/mol. The third kappa shape index (κ3) is 3.45. The first-order chi connectivity index (χ1) is 12.1. The van der Waals surface area contributed by atoms with Crippen molar-refractivity contribution in [2.24, 2.45) is 0 Å². The van der Waals surface area contributed by atoms with Crippen LogP contribution in [0, 0.1) is 6.92 Å². The minimum Gasteiger partial charge on any atom is -0.443 e. The van der Waals surface area contributed by atoms with Gasteiger partial charge < -0.3 is 20.6 Å². The molecule has 9 heteroatoms. The number of oxazole rings is 1. The van der Waals surface area contributed by atoms with E-state index in [4.69, 9.17) is 10.2 Å². The van der Waals surface area contributed by atoms with Crippen LogP contribution in [0.1, 0.15) is 27.4 Å². The molecule has 4 N–H and O–H groups in total. The Kier molecular flexibility index (Phi) is 4.66. The first-order valence-electron chi connectivity index (χ1n) is 7.46. The highest BCUT2D eigenvalue weighted by Crippen LogP contribution is 2.20. The molecular weight excluding hydrogens is 324 g/mol. The molecule has 0 saturated carbocycles. The second kappa shape index (κ2) is 7.05. The summed E-state index contributed by atoms with van der Waals surface area (Å²) >= 11 is 0. The zero-order chi connectivity index (χ0) is 17.8. The molecule has 128 valence electrons. The van der Waals surface area contributed by atoms with Gasteiger partial charge in [-0.05, 0) is 13.0 Å². The summed E-state index contributed by atoms with van der Waals surface area (Å²) in [5, 5.41) is 12.0. The second-order valence-corrected chi connectivity index (χ2v) is 5.18. The SMILES string of the molecule is Cc1nc(C(=O)NCc2ncccc2CO)c(N)nc1-c1ncco1. The van der Waals surface area contributed by atoms with Gasteiger partial charge in [-0.1, -0.05) is 6.07 Å². The van der Waals surface area contributed by atoms with E-state index in [0.29, 0.717) is 22.6 Å². The van der Waals surface area contributed by atoms with E-state index in [-0.39, 0.29) is 30.6 Å². The molecule has 0 aromatic carbocycles. The number of nitrogens with zero attached hydrogens (tertiary/aromatic N) is 4. The quantitative estimate of drug-likeness (QED) is 0.620. The van der Waals surface area contributed by atoms with E-state index in [1.807, 2.05) is 0 Å². The van der Waals surface area contributed by atoms with Crippen LogP contribution >= 0.6 is 0 Å². The molecule has 0 spiro atoms. The van der Waals surface area contributed by atoms with Gasteiger partial charge in [-0.15, -0.1) is 0 Å². The number of carbonyl (C=O) groups is 1. The average molecular weight is 340 g/mol. The summed E-state index contributed by atoms with van der Waals surface area (Å²) in [6, 6.07) is 3.45. The fourth-order valence-corrected chi connectivity index (χ4v) is 2.26. The van der Waals surface area contributed by atoms with Crippen LogP contribution in [0.2, 0.25) is 0 Å². The number of hydrogen-bond donors (Lipinski definition) is 3. The third-order valence-corrected chi connectivity index (χ3v) is 3.52. The zero-order valence-electron chi connectivity index (χ0n) is 13.4. The number of pyridine rings is 1. The lowest BCUT2D eigenvalue weighted by molar-refractivity contribution is 0.0945. The van der Waals surface area contributed by atoms with E-state index in [1.165, 1.54) is 12.5 Å². The van der Waals surface area contributed by atoms with Crippen LogP contribution in [0.3, 0.4) is 0 Å². The topological polar surface area (TPSA) is 140 Å². The normalized spacial score (nSPS) is 10.6. The van der Waals surface area contributed by atoms with Crippen molar-refractivity contribution < 1.29 is 14.3 Å². The molecule has 0 atom stereocenters. The van der Waals surface area contributed by atoms with Gasteiger partial charge in [0.25, 0.3) is 5.91 Å². The lowest BCUT2D eigenvalue weighted by Gasteiger charge is -2.10. The fourth-order valence-electron chi connectivity index (χ4n) is 2.26. The van der Waals surface area contributed by atoms with Gasteiger partial charge in [0.05, 0.1) is 30.7 Å². The van der Waals surface area contributed by atoms with Crippen LogP contribution in [0.4, 0.5) is 5.82 Å². The van der Waals surface area contributed by atoms with Crippen molar-refractivity contribution >= 4 is 11.7 Å². The molecule has 0 bridgehead atoms. The van der Waals surface area contributed by atoms with Gasteiger partial charge in [-0.3, -0.25) is 9.78 Å². The molecule has 0 aliphatic carbocycles. The predicted octanol–water partition coefficient (Wildman–Crippen LogP) is 0.840. The molecular formula is C16H16N6O3. The Balaban J connectivity index is 1.79. The Morgan fingerprint density at radius 2 is 2.16 bits per heavy atom. The lowest BCUT2D eigenvalue weighted by Crippen LogP contribution is -2.26. The minimum atomic E-state index is -0.485. The van der Waals surface area contributed by atoms with Gasteiger partial charge in [0, 0.05) is 11.8 Å². The highest BCUT2D eigenvalue weighted by molar-refractivity contribution is 5.96. The molecule has 3 rings (SSSR count). The van der Waals surface area contributed by atoms with Crippen LogP contribution in [0.25, 0.3) is 11.6 Å². The summed E-state index contributed by atoms with van der Waals surface area (Å²) in [5.41, 5.74) is 7.92. The number of anilines is 1. The van der Waals surface area contributed by atoms with Crippen molar-refractivity contribution in [2.45, 2.75) is 20.1 Å². The van der Waals surface area contributed by atoms with Gasteiger partial charge in [0.2, 0.25) is 5.89 Å². The number of carbonyl (C=O) groups excluding carboxylic acids is 1. The number of aromatic nitrogens is 4. The van der Waals surface area contributed by atoms with E-state index in [9.17, 15) is 9.90 Å². The number of nitrogen functional groups attached to an aromatic ring is 1. The highest BCUT2D eigenvalue weighted by atomic mass is 16.3. The smallest absolute Gasteiger partial charge is 0.274 e. The van der Waals surface area contributed by atoms with Crippen LogP contribution < -0.4 is 11.1 Å². The molecule has 0 unspecified atom stereocenters. The summed E-state index contributed by atoms with van der Waals surface area (Å²) in [4.78, 5) is 28.9. The number of amides is 1. The number of aryl methyl sites for hydroxylation is 1. The Morgan fingerprint density at radius 3 is 2.88 bits per heavy atom. The van der Waals surface area contributed by atoms with Crippen LogP contribution in [-0.2, 0) is 13.2 Å². The maximum atomic E-state index is 12.4. The summed E-state index contributed by atoms with van der Waals surface area (Å²) < 4.78 is 5.18. The Bertz CT molecular complexity index is 895. The maximum absolute atomic E-state index is 12.4. The largest absolute Gasteiger partial charge is 0.443 e. The van der Waals surface area contributed by atoms with E-state index >= 15 is 0 Å². The van der Waals surface area contributed by atoms with Gasteiger partial charge >= 0.3 is 0 Å². The molecule has 0 fully saturated rings. The number of nitrogens with two attached hydrogens (primary N) is 1. The van der Waals surface area contributed by atoms with Gasteiger partial charge in [-0.2, -0.15) is 0 Å². The second-order valence-electron chi connectivity index (χ2n) is 5.18. The predicted molar refractivity (Wildman–Crippen MR) is 88.0 cm³/mol. The van der Waals surface area contributed by atoms with Crippen LogP contribution in [0.5, 0.6) is 0 Å². The van der Waals surface area contributed by atoms with Crippen LogP contribution in [-0.4, -0.2) is 30.9 Å². The molecule has 1 amide bonds. The molecule has 0 saturated heterocycles. The molecule has 0 aliphatic rings. The summed E-state index contributed by atoms with van der Waals surface area (Å²) in [7, 11) is 0. The van der Waals surface area contributed by atoms with Crippen molar-refractivity contribution in [1.29, 1.82) is 0 Å². The molecule has 0 radical (unpaired) electrons. The standard InChI is InChI=1S/C16H16N6O3/c1-9-12(16-19-5-6-25-16)22-14(17)13(21-9)15(24)20-7-11-10(8-23)3-2-4-18-11/h2-6,23H,7-8H2,1H3,(H2,17,22)(H,20,24). The summed E-state index contributed by atoms with van der Waals surface area (Å²) in [5.74, 6) is -0.231. The molecule has 25 heavy (non-hydrogen) atoms. The third-order valence-electron chi connectivity index (χ3n) is 3.52. The van der Waals surface area contributed by atoms with Gasteiger partial charge in [0.15, 0.2) is 11.5 Å². The van der Waals surface area contributed by atoms with Crippen molar-refractivity contribution in [3.05, 3.63) is 53.4 Å². The van der Waals surface area contributed by atoms with Crippen molar-refractivity contribution in [1.82, 2.24) is 25.3 Å². The highest BCUT2D eigenvalue weighted by Gasteiger charge is 2.19. The maximum Gasteiger partial charge on any atom is 0.274 e. The van der Waals surface area contributed by atoms with Gasteiger partial charge in [0.1, 0.15) is 12.0 Å². The number of aliphatic hydroxyl groups is 1. The molecule has 3 aromatic heterocycles. The van der Waals surface area contributed by atoms with Crippen molar-refractivity contribution in [3.8, 4) is 11.6 Å². The number of nitrogens with one attached hydrogen (secondary N) is 1. The lowest BCUT2D eigenvalue weighted by atomic mass is 10.2. The fraction of sp³-hybridized carbons (Fsp3) is 0.188. The summed E-state index contributed by atoms with van der Waals surface area (Å²) in [6.45, 7) is 1.66. The van der Waals surface area contributed by atoms with Crippen molar-refractivity contribution in [2.75, 3.05) is 5.73 Å². The van der Waals surface area contributed by atoms with E-state index in [0.717, 1.165) is 0 Å². The van der Waals surface area contributed by atoms with E-state index in [2.05, 4.69) is 25.3 Å².